The first-order valence-electron chi connectivity index (χ1n) is 6.59. The number of carboxylic acids is 1. The first kappa shape index (κ1) is 13.6. The number of carbonyl (C=O) groups is 2. The highest BCUT2D eigenvalue weighted by molar-refractivity contribution is 5.94. The van der Waals surface area contributed by atoms with Crippen molar-refractivity contribution >= 4 is 11.9 Å². The number of aliphatic carboxylic acids is 1. The second kappa shape index (κ2) is 5.43. The van der Waals surface area contributed by atoms with Gasteiger partial charge in [0.25, 0.3) is 5.91 Å². The van der Waals surface area contributed by atoms with E-state index in [1.54, 1.807) is 14.0 Å². The number of rotatable bonds is 4. The van der Waals surface area contributed by atoms with Gasteiger partial charge in [-0.05, 0) is 42.5 Å². The van der Waals surface area contributed by atoms with Crippen LogP contribution in [0.3, 0.4) is 0 Å². The Kier molecular flexibility index (Phi) is 3.88. The van der Waals surface area contributed by atoms with Crippen molar-refractivity contribution in [1.29, 1.82) is 0 Å². The van der Waals surface area contributed by atoms with Crippen molar-refractivity contribution < 1.29 is 14.7 Å². The fraction of sp³-hybridized carbons (Fsp3) is 0.467. The van der Waals surface area contributed by atoms with Gasteiger partial charge in [-0.2, -0.15) is 0 Å². The fourth-order valence-corrected chi connectivity index (χ4v) is 2.50. The molecule has 0 heterocycles. The fourth-order valence-electron chi connectivity index (χ4n) is 2.50. The maximum atomic E-state index is 12.2. The van der Waals surface area contributed by atoms with Crippen molar-refractivity contribution in [2.45, 2.75) is 26.2 Å². The largest absolute Gasteiger partial charge is 0.481 e. The summed E-state index contributed by atoms with van der Waals surface area (Å²) in [7, 11) is 1.65. The Bertz CT molecular complexity index is 510. The zero-order chi connectivity index (χ0) is 14.0. The number of hydrogen-bond donors (Lipinski definition) is 1. The van der Waals surface area contributed by atoms with E-state index >= 15 is 0 Å². The number of nitrogens with zero attached hydrogens (tertiary/aromatic N) is 1. The molecule has 0 radical (unpaired) electrons. The van der Waals surface area contributed by atoms with Crippen LogP contribution in [0.25, 0.3) is 0 Å². The number of carboxylic acid groups (broad SMARTS) is 1. The highest BCUT2D eigenvalue weighted by Crippen LogP contribution is 2.23. The molecule has 1 aliphatic carbocycles. The highest BCUT2D eigenvalue weighted by atomic mass is 16.4. The van der Waals surface area contributed by atoms with Crippen molar-refractivity contribution in [2.24, 2.45) is 5.92 Å². The number of benzene rings is 1. The van der Waals surface area contributed by atoms with Gasteiger partial charge in [-0.25, -0.2) is 0 Å². The molecule has 1 N–H and O–H groups in total. The number of amides is 1. The third-order valence-electron chi connectivity index (χ3n) is 3.66. The van der Waals surface area contributed by atoms with Crippen LogP contribution in [0.1, 0.15) is 34.8 Å². The summed E-state index contributed by atoms with van der Waals surface area (Å²) in [5, 5.41) is 8.87. The molecule has 1 aromatic carbocycles. The van der Waals surface area contributed by atoms with Crippen LogP contribution in [0.15, 0.2) is 18.2 Å². The average Bonchev–Trinajstić information content (AvgIpc) is 2.84. The summed E-state index contributed by atoms with van der Waals surface area (Å²) in [5.41, 5.74) is 3.24. The second-order valence-electron chi connectivity index (χ2n) is 5.26. The number of fused-ring (bicyclic) bond motifs is 1. The van der Waals surface area contributed by atoms with Crippen molar-refractivity contribution in [3.05, 3.63) is 34.9 Å². The van der Waals surface area contributed by atoms with E-state index in [0.29, 0.717) is 5.56 Å². The van der Waals surface area contributed by atoms with Crippen LogP contribution in [-0.4, -0.2) is 35.5 Å². The number of aryl methyl sites for hydroxylation is 2. The van der Waals surface area contributed by atoms with Gasteiger partial charge in [0.1, 0.15) is 0 Å². The molecule has 0 fully saturated rings. The number of hydrogen-bond acceptors (Lipinski definition) is 2. The summed E-state index contributed by atoms with van der Waals surface area (Å²) in [5.74, 6) is -1.54. The molecule has 2 rings (SSSR count). The van der Waals surface area contributed by atoms with E-state index in [9.17, 15) is 9.59 Å². The third-order valence-corrected chi connectivity index (χ3v) is 3.66. The molecule has 1 unspecified atom stereocenters. The molecule has 1 aliphatic rings. The Hall–Kier alpha value is -1.84. The molecule has 19 heavy (non-hydrogen) atoms. The molecule has 1 aromatic rings. The lowest BCUT2D eigenvalue weighted by Gasteiger charge is -2.19. The van der Waals surface area contributed by atoms with Crippen LogP contribution in [0.4, 0.5) is 0 Å². The molecule has 1 atom stereocenters. The minimum atomic E-state index is -0.881. The molecule has 0 aromatic heterocycles. The lowest BCUT2D eigenvalue weighted by Crippen LogP contribution is -2.33. The first-order valence-corrected chi connectivity index (χ1v) is 6.59. The average molecular weight is 261 g/mol. The van der Waals surface area contributed by atoms with E-state index in [-0.39, 0.29) is 12.5 Å². The van der Waals surface area contributed by atoms with Crippen molar-refractivity contribution in [1.82, 2.24) is 4.90 Å². The summed E-state index contributed by atoms with van der Waals surface area (Å²) in [6.45, 7) is 1.83. The highest BCUT2D eigenvalue weighted by Gasteiger charge is 2.20. The van der Waals surface area contributed by atoms with Gasteiger partial charge in [0, 0.05) is 19.2 Å². The zero-order valence-corrected chi connectivity index (χ0v) is 11.3. The predicted molar refractivity (Wildman–Crippen MR) is 72.2 cm³/mol. The van der Waals surface area contributed by atoms with Crippen LogP contribution in [0.2, 0.25) is 0 Å². The van der Waals surface area contributed by atoms with E-state index in [4.69, 9.17) is 5.11 Å². The summed E-state index contributed by atoms with van der Waals surface area (Å²) in [6, 6.07) is 5.81. The molecule has 0 saturated carbocycles. The van der Waals surface area contributed by atoms with Crippen molar-refractivity contribution in [2.75, 3.05) is 13.6 Å². The molecule has 1 amide bonds. The van der Waals surface area contributed by atoms with E-state index in [1.807, 2.05) is 18.2 Å². The summed E-state index contributed by atoms with van der Waals surface area (Å²) >= 11 is 0. The molecular formula is C15H19NO3. The molecule has 4 heteroatoms. The maximum absolute atomic E-state index is 12.2. The van der Waals surface area contributed by atoms with E-state index in [0.717, 1.165) is 19.3 Å². The SMILES string of the molecule is CC(CN(C)C(=O)c1ccc2c(c1)CCC2)C(=O)O. The van der Waals surface area contributed by atoms with Gasteiger partial charge in [-0.15, -0.1) is 0 Å². The molecular weight excluding hydrogens is 242 g/mol. The van der Waals surface area contributed by atoms with Crippen LogP contribution >= 0.6 is 0 Å². The van der Waals surface area contributed by atoms with Gasteiger partial charge in [0.05, 0.1) is 5.92 Å². The maximum Gasteiger partial charge on any atom is 0.308 e. The number of carbonyl (C=O) groups excluding carboxylic acids is 1. The minimum absolute atomic E-state index is 0.109. The predicted octanol–water partition coefficient (Wildman–Crippen LogP) is 1.97. The normalized spacial score (nSPS) is 14.8. The molecule has 0 spiro atoms. The van der Waals surface area contributed by atoms with Gasteiger partial charge in [-0.1, -0.05) is 13.0 Å². The van der Waals surface area contributed by atoms with Gasteiger partial charge in [0.2, 0.25) is 0 Å². The Labute approximate surface area is 113 Å². The van der Waals surface area contributed by atoms with Crippen molar-refractivity contribution in [3.63, 3.8) is 0 Å². The minimum Gasteiger partial charge on any atom is -0.481 e. The van der Waals surface area contributed by atoms with Gasteiger partial charge < -0.3 is 10.0 Å². The van der Waals surface area contributed by atoms with E-state index < -0.39 is 11.9 Å². The quantitative estimate of drug-likeness (QED) is 0.901. The van der Waals surface area contributed by atoms with Gasteiger partial charge >= 0.3 is 5.97 Å². The van der Waals surface area contributed by atoms with E-state index in [2.05, 4.69) is 0 Å². The van der Waals surface area contributed by atoms with Crippen LogP contribution in [0, 0.1) is 5.92 Å². The standard InChI is InChI=1S/C15H19NO3/c1-10(15(18)19)9-16(2)14(17)13-7-6-11-4-3-5-12(11)8-13/h6-8,10H,3-5,9H2,1-2H3,(H,18,19). The smallest absolute Gasteiger partial charge is 0.308 e. The van der Waals surface area contributed by atoms with Crippen LogP contribution < -0.4 is 0 Å². The van der Waals surface area contributed by atoms with Gasteiger partial charge in [-0.3, -0.25) is 9.59 Å². The van der Waals surface area contributed by atoms with Gasteiger partial charge in [0.15, 0.2) is 0 Å². The molecule has 0 aliphatic heterocycles. The Balaban J connectivity index is 2.09. The Morgan fingerprint density at radius 3 is 2.68 bits per heavy atom. The zero-order valence-electron chi connectivity index (χ0n) is 11.3. The van der Waals surface area contributed by atoms with Crippen molar-refractivity contribution in [3.8, 4) is 0 Å². The van der Waals surface area contributed by atoms with Crippen LogP contribution in [-0.2, 0) is 17.6 Å². The topological polar surface area (TPSA) is 57.6 Å². The Morgan fingerprint density at radius 2 is 2.00 bits per heavy atom. The first-order chi connectivity index (χ1) is 8.99. The molecule has 0 bridgehead atoms. The van der Waals surface area contributed by atoms with Crippen LogP contribution in [0.5, 0.6) is 0 Å². The molecule has 102 valence electrons. The lowest BCUT2D eigenvalue weighted by atomic mass is 10.1. The summed E-state index contributed by atoms with van der Waals surface area (Å²) in [4.78, 5) is 24.5. The molecule has 4 nitrogen and oxygen atoms in total. The third kappa shape index (κ3) is 2.95. The Morgan fingerprint density at radius 1 is 1.32 bits per heavy atom. The lowest BCUT2D eigenvalue weighted by molar-refractivity contribution is -0.141. The monoisotopic (exact) mass is 261 g/mol. The van der Waals surface area contributed by atoms with E-state index in [1.165, 1.54) is 16.0 Å². The summed E-state index contributed by atoms with van der Waals surface area (Å²) < 4.78 is 0. The summed E-state index contributed by atoms with van der Waals surface area (Å²) in [6.07, 6.45) is 3.28. The second-order valence-corrected chi connectivity index (χ2v) is 5.26. The molecule has 0 saturated heterocycles.